The Balaban J connectivity index is 2.84. The molecule has 0 aliphatic carbocycles. The molecule has 0 aliphatic heterocycles. The Morgan fingerprint density at radius 3 is 2.33 bits per heavy atom. The van der Waals surface area contributed by atoms with Gasteiger partial charge in [-0.25, -0.2) is 0 Å². The molecule has 1 atom stereocenters. The number of rotatable bonds is 12. The first-order chi connectivity index (χ1) is 11.6. The summed E-state index contributed by atoms with van der Waals surface area (Å²) in [6, 6.07) is 9.39. The molecular weight excluding hydrogens is 310 g/mol. The molecule has 0 N–H and O–H groups in total. The van der Waals surface area contributed by atoms with E-state index in [4.69, 9.17) is 14.3 Å². The molecule has 1 aromatic rings. The predicted molar refractivity (Wildman–Crippen MR) is 89.9 cm³/mol. The second kappa shape index (κ2) is 11.7. The predicted octanol–water partition coefficient (Wildman–Crippen LogP) is 2.71. The van der Waals surface area contributed by atoms with E-state index in [1.54, 1.807) is 5.06 Å². The van der Waals surface area contributed by atoms with Crippen molar-refractivity contribution in [3.63, 3.8) is 0 Å². The normalized spacial score (nSPS) is 12.4. The molecule has 0 heterocycles. The lowest BCUT2D eigenvalue weighted by atomic mass is 10.2. The standard InChI is InChI=1S/C18H27NO5/c1-4-22-18(23-5-2)15(3)19(24-17(21)12-9-13-20)14-16-10-7-6-8-11-16/h6-8,10-11,13,15,18H,4-5,9,12,14H2,1-3H3. The van der Waals surface area contributed by atoms with Crippen LogP contribution in [0.2, 0.25) is 0 Å². The average molecular weight is 337 g/mol. The zero-order chi connectivity index (χ0) is 17.8. The van der Waals surface area contributed by atoms with Crippen LogP contribution in [0.25, 0.3) is 0 Å². The van der Waals surface area contributed by atoms with Gasteiger partial charge in [-0.15, -0.1) is 5.06 Å². The number of benzene rings is 1. The molecule has 0 fully saturated rings. The van der Waals surface area contributed by atoms with Gasteiger partial charge in [0.1, 0.15) is 6.29 Å². The summed E-state index contributed by atoms with van der Waals surface area (Å²) in [5.74, 6) is -0.448. The monoisotopic (exact) mass is 337 g/mol. The minimum atomic E-state index is -0.511. The SMILES string of the molecule is CCOC(OCC)C(C)N(Cc1ccccc1)OC(=O)CCC=O. The van der Waals surface area contributed by atoms with E-state index >= 15 is 0 Å². The van der Waals surface area contributed by atoms with E-state index < -0.39 is 12.3 Å². The molecule has 0 saturated heterocycles. The fraction of sp³-hybridized carbons (Fsp3) is 0.556. The van der Waals surface area contributed by atoms with Gasteiger partial charge in [0.05, 0.1) is 19.0 Å². The highest BCUT2D eigenvalue weighted by Crippen LogP contribution is 2.16. The second-order valence-electron chi connectivity index (χ2n) is 5.25. The fourth-order valence-electron chi connectivity index (χ4n) is 2.17. The molecule has 24 heavy (non-hydrogen) atoms. The summed E-state index contributed by atoms with van der Waals surface area (Å²) in [6.07, 6.45) is 0.389. The summed E-state index contributed by atoms with van der Waals surface area (Å²) in [4.78, 5) is 27.8. The molecule has 134 valence electrons. The maximum atomic E-state index is 11.9. The molecule has 0 saturated carbocycles. The molecule has 0 amide bonds. The highest BCUT2D eigenvalue weighted by atomic mass is 16.7. The molecule has 6 heteroatoms. The van der Waals surface area contributed by atoms with Crippen molar-refractivity contribution in [2.75, 3.05) is 13.2 Å². The van der Waals surface area contributed by atoms with E-state index in [0.29, 0.717) is 26.0 Å². The molecule has 1 rings (SSSR count). The zero-order valence-corrected chi connectivity index (χ0v) is 14.6. The van der Waals surface area contributed by atoms with Gasteiger partial charge in [-0.1, -0.05) is 30.3 Å². The summed E-state index contributed by atoms with van der Waals surface area (Å²) in [7, 11) is 0. The van der Waals surface area contributed by atoms with Crippen molar-refractivity contribution in [1.82, 2.24) is 5.06 Å². The Morgan fingerprint density at radius 2 is 1.79 bits per heavy atom. The lowest BCUT2D eigenvalue weighted by Crippen LogP contribution is -2.45. The summed E-state index contributed by atoms with van der Waals surface area (Å²) in [6.45, 7) is 7.05. The van der Waals surface area contributed by atoms with Gasteiger partial charge >= 0.3 is 5.97 Å². The van der Waals surface area contributed by atoms with Gasteiger partial charge in [0.2, 0.25) is 0 Å². The van der Waals surface area contributed by atoms with Crippen LogP contribution in [0.15, 0.2) is 30.3 Å². The van der Waals surface area contributed by atoms with E-state index in [9.17, 15) is 9.59 Å². The maximum absolute atomic E-state index is 11.9. The lowest BCUT2D eigenvalue weighted by Gasteiger charge is -2.32. The van der Waals surface area contributed by atoms with Crippen LogP contribution in [-0.2, 0) is 30.4 Å². The first-order valence-corrected chi connectivity index (χ1v) is 8.30. The van der Waals surface area contributed by atoms with Gasteiger partial charge in [-0.2, -0.15) is 0 Å². The third-order valence-corrected chi connectivity index (χ3v) is 3.38. The molecule has 0 aliphatic rings. The van der Waals surface area contributed by atoms with Crippen LogP contribution in [0.3, 0.4) is 0 Å². The van der Waals surface area contributed by atoms with E-state index in [1.165, 1.54) is 0 Å². The highest BCUT2D eigenvalue weighted by Gasteiger charge is 2.28. The van der Waals surface area contributed by atoms with E-state index in [0.717, 1.165) is 5.56 Å². The fourth-order valence-corrected chi connectivity index (χ4v) is 2.17. The molecule has 6 nitrogen and oxygen atoms in total. The van der Waals surface area contributed by atoms with E-state index in [1.807, 2.05) is 51.1 Å². The molecular formula is C18H27NO5. The zero-order valence-electron chi connectivity index (χ0n) is 14.6. The van der Waals surface area contributed by atoms with Crippen molar-refractivity contribution in [2.24, 2.45) is 0 Å². The summed E-state index contributed by atoms with van der Waals surface area (Å²) < 4.78 is 11.2. The number of nitrogens with zero attached hydrogens (tertiary/aromatic N) is 1. The third kappa shape index (κ3) is 7.21. The van der Waals surface area contributed by atoms with Crippen LogP contribution in [0.4, 0.5) is 0 Å². The molecule has 1 unspecified atom stereocenters. The van der Waals surface area contributed by atoms with Gasteiger partial charge in [-0.3, -0.25) is 4.79 Å². The van der Waals surface area contributed by atoms with Crippen molar-refractivity contribution in [2.45, 2.75) is 52.5 Å². The maximum Gasteiger partial charge on any atom is 0.325 e. The lowest BCUT2D eigenvalue weighted by molar-refractivity contribution is -0.250. The number of hydrogen-bond acceptors (Lipinski definition) is 6. The van der Waals surface area contributed by atoms with Crippen molar-refractivity contribution >= 4 is 12.3 Å². The smallest absolute Gasteiger partial charge is 0.325 e. The number of carbonyl (C=O) groups is 2. The topological polar surface area (TPSA) is 65.1 Å². The van der Waals surface area contributed by atoms with Crippen LogP contribution in [0.5, 0.6) is 0 Å². The largest absolute Gasteiger partial charge is 0.367 e. The first kappa shape index (κ1) is 20.3. The van der Waals surface area contributed by atoms with E-state index in [2.05, 4.69) is 0 Å². The molecule has 1 aromatic carbocycles. The summed E-state index contributed by atoms with van der Waals surface area (Å²) in [5.41, 5.74) is 0.999. The second-order valence-corrected chi connectivity index (χ2v) is 5.25. The third-order valence-electron chi connectivity index (χ3n) is 3.38. The quantitative estimate of drug-likeness (QED) is 0.332. The Morgan fingerprint density at radius 1 is 1.17 bits per heavy atom. The van der Waals surface area contributed by atoms with Crippen LogP contribution in [0.1, 0.15) is 39.2 Å². The number of carbonyl (C=O) groups excluding carboxylic acids is 2. The van der Waals surface area contributed by atoms with Gasteiger partial charge in [-0.05, 0) is 26.3 Å². The van der Waals surface area contributed by atoms with Crippen molar-refractivity contribution in [3.05, 3.63) is 35.9 Å². The Bertz CT molecular complexity index is 474. The number of hydrogen-bond donors (Lipinski definition) is 0. The number of aldehydes is 1. The Hall–Kier alpha value is -1.76. The average Bonchev–Trinajstić information content (AvgIpc) is 2.59. The highest BCUT2D eigenvalue weighted by molar-refractivity contribution is 5.72. The minimum Gasteiger partial charge on any atom is -0.367 e. The summed E-state index contributed by atoms with van der Waals surface area (Å²) in [5, 5.41) is 1.55. The van der Waals surface area contributed by atoms with Gasteiger partial charge in [0.15, 0.2) is 6.29 Å². The Labute approximate surface area is 143 Å². The van der Waals surface area contributed by atoms with Crippen LogP contribution in [0, 0.1) is 0 Å². The van der Waals surface area contributed by atoms with Crippen LogP contribution in [-0.4, -0.2) is 42.9 Å². The van der Waals surface area contributed by atoms with Gasteiger partial charge in [0, 0.05) is 19.6 Å². The summed E-state index contributed by atoms with van der Waals surface area (Å²) >= 11 is 0. The molecule has 0 radical (unpaired) electrons. The minimum absolute atomic E-state index is 0.0510. The number of hydroxylamine groups is 2. The van der Waals surface area contributed by atoms with Crippen molar-refractivity contribution in [1.29, 1.82) is 0 Å². The van der Waals surface area contributed by atoms with Crippen molar-refractivity contribution in [3.8, 4) is 0 Å². The van der Waals surface area contributed by atoms with Crippen LogP contribution < -0.4 is 0 Å². The van der Waals surface area contributed by atoms with Crippen LogP contribution >= 0.6 is 0 Å². The molecule has 0 bridgehead atoms. The number of ether oxygens (including phenoxy) is 2. The molecule has 0 aromatic heterocycles. The molecule has 0 spiro atoms. The van der Waals surface area contributed by atoms with E-state index in [-0.39, 0.29) is 18.9 Å². The van der Waals surface area contributed by atoms with Gasteiger partial charge in [0.25, 0.3) is 0 Å². The van der Waals surface area contributed by atoms with Gasteiger partial charge < -0.3 is 19.1 Å². The Kier molecular flexibility index (Phi) is 9.91. The van der Waals surface area contributed by atoms with Crippen molar-refractivity contribution < 1.29 is 23.9 Å². The first-order valence-electron chi connectivity index (χ1n) is 8.30.